The molecule has 6 fully saturated rings. The van der Waals surface area contributed by atoms with Crippen molar-refractivity contribution in [2.45, 2.75) is 125 Å². The van der Waals surface area contributed by atoms with Crippen LogP contribution in [-0.2, 0) is 14.3 Å². The van der Waals surface area contributed by atoms with Gasteiger partial charge in [0.1, 0.15) is 12.2 Å². The summed E-state index contributed by atoms with van der Waals surface area (Å²) in [5, 5.41) is 9.65. The van der Waals surface area contributed by atoms with Crippen molar-refractivity contribution in [3.05, 3.63) is 35.4 Å². The Balaban J connectivity index is 1.17. The van der Waals surface area contributed by atoms with E-state index in [0.717, 1.165) is 51.4 Å². The predicted molar refractivity (Wildman–Crippen MR) is 167 cm³/mol. The average molecular weight is 605 g/mol. The third-order valence-corrected chi connectivity index (χ3v) is 15.6. The van der Waals surface area contributed by atoms with Gasteiger partial charge in [-0.2, -0.15) is 0 Å². The molecule has 1 aliphatic heterocycles. The molecule has 0 unspecified atom stereocenters. The molecule has 5 aliphatic carbocycles. The Morgan fingerprint density at radius 3 is 2.18 bits per heavy atom. The van der Waals surface area contributed by atoms with Crippen LogP contribution in [0.1, 0.15) is 133 Å². The van der Waals surface area contributed by atoms with E-state index in [4.69, 9.17) is 9.47 Å². The zero-order chi connectivity index (χ0) is 31.7. The number of carboxylic acids is 1. The Hall–Kier alpha value is -2.37. The fourth-order valence-corrected chi connectivity index (χ4v) is 13.1. The third kappa shape index (κ3) is 3.69. The van der Waals surface area contributed by atoms with Gasteiger partial charge >= 0.3 is 17.9 Å². The number of hydrogen-bond donors (Lipinski definition) is 1. The van der Waals surface area contributed by atoms with Gasteiger partial charge in [-0.1, -0.05) is 60.6 Å². The van der Waals surface area contributed by atoms with E-state index in [1.165, 1.54) is 18.9 Å². The van der Waals surface area contributed by atoms with Gasteiger partial charge in [0, 0.05) is 16.7 Å². The molecule has 5 saturated carbocycles. The summed E-state index contributed by atoms with van der Waals surface area (Å²) in [6, 6.07) is 6.36. The molecule has 240 valence electrons. The number of benzene rings is 1. The minimum absolute atomic E-state index is 0.00876. The normalized spacial score (nSPS) is 46.4. The number of fused-ring (bicyclic) bond motifs is 5. The summed E-state index contributed by atoms with van der Waals surface area (Å²) >= 11 is 0. The molecular weight excluding hydrogens is 552 g/mol. The lowest BCUT2D eigenvalue weighted by Crippen LogP contribution is -2.68. The maximum Gasteiger partial charge on any atom is 0.339 e. The number of rotatable bonds is 3. The maximum absolute atomic E-state index is 13.5. The second-order valence-corrected chi connectivity index (χ2v) is 17.8. The first-order valence-corrected chi connectivity index (χ1v) is 17.3. The van der Waals surface area contributed by atoms with E-state index in [1.807, 2.05) is 0 Å². The second-order valence-electron chi connectivity index (χ2n) is 17.8. The van der Waals surface area contributed by atoms with Crippen molar-refractivity contribution >= 4 is 17.9 Å². The highest BCUT2D eigenvalue weighted by atomic mass is 16.6. The molecule has 0 spiro atoms. The van der Waals surface area contributed by atoms with E-state index in [9.17, 15) is 19.5 Å². The lowest BCUT2D eigenvalue weighted by atomic mass is 9.31. The van der Waals surface area contributed by atoms with Gasteiger partial charge in [-0.15, -0.1) is 0 Å². The molecular formula is C38H52O6. The van der Waals surface area contributed by atoms with Gasteiger partial charge in [0.2, 0.25) is 0 Å². The predicted octanol–water partition coefficient (Wildman–Crippen LogP) is 8.33. The van der Waals surface area contributed by atoms with Crippen molar-refractivity contribution in [3.8, 4) is 0 Å². The van der Waals surface area contributed by atoms with Crippen LogP contribution in [0.3, 0.4) is 0 Å². The Kier molecular flexibility index (Phi) is 6.43. The highest BCUT2D eigenvalue weighted by molar-refractivity contribution is 6.02. The molecule has 0 amide bonds. The Labute approximate surface area is 263 Å². The van der Waals surface area contributed by atoms with E-state index >= 15 is 0 Å². The minimum atomic E-state index is -1.11. The van der Waals surface area contributed by atoms with E-state index in [-0.39, 0.29) is 61.8 Å². The van der Waals surface area contributed by atoms with Crippen molar-refractivity contribution < 1.29 is 29.0 Å². The molecule has 2 bridgehead atoms. The number of ether oxygens (including phenoxy) is 2. The van der Waals surface area contributed by atoms with Crippen LogP contribution in [-0.4, -0.2) is 35.2 Å². The number of carbonyl (C=O) groups is 3. The van der Waals surface area contributed by atoms with E-state index < -0.39 is 11.9 Å². The lowest BCUT2D eigenvalue weighted by molar-refractivity contribution is -0.252. The van der Waals surface area contributed by atoms with Crippen LogP contribution in [0.15, 0.2) is 24.3 Å². The first-order chi connectivity index (χ1) is 20.5. The van der Waals surface area contributed by atoms with E-state index in [0.29, 0.717) is 23.7 Å². The van der Waals surface area contributed by atoms with Crippen molar-refractivity contribution in [2.24, 2.45) is 56.2 Å². The molecule has 1 N–H and O–H groups in total. The van der Waals surface area contributed by atoms with Gasteiger partial charge < -0.3 is 14.6 Å². The molecule has 7 rings (SSSR count). The Bertz CT molecular complexity index is 1410. The average Bonchev–Trinajstić information content (AvgIpc) is 3.22. The fourth-order valence-electron chi connectivity index (χ4n) is 13.1. The quantitative estimate of drug-likeness (QED) is 0.349. The number of hydrogen-bond acceptors (Lipinski definition) is 5. The molecule has 6 nitrogen and oxygen atoms in total. The Morgan fingerprint density at radius 1 is 0.795 bits per heavy atom. The number of esters is 2. The van der Waals surface area contributed by atoms with Gasteiger partial charge in [-0.25, -0.2) is 9.59 Å². The van der Waals surface area contributed by atoms with Crippen molar-refractivity contribution in [1.82, 2.24) is 0 Å². The summed E-state index contributed by atoms with van der Waals surface area (Å²) in [4.78, 5) is 38.7. The van der Waals surface area contributed by atoms with E-state index in [2.05, 4.69) is 48.5 Å². The van der Waals surface area contributed by atoms with Crippen LogP contribution in [0, 0.1) is 56.2 Å². The Morgan fingerprint density at radius 2 is 1.48 bits per heavy atom. The summed E-state index contributed by atoms with van der Waals surface area (Å²) in [5.74, 6) is 0.269. The molecule has 1 aromatic rings. The topological polar surface area (TPSA) is 89.9 Å². The zero-order valence-electron chi connectivity index (χ0n) is 27.8. The highest BCUT2D eigenvalue weighted by Gasteiger charge is 2.75. The van der Waals surface area contributed by atoms with Gasteiger partial charge in [-0.05, 0) is 110 Å². The molecule has 44 heavy (non-hydrogen) atoms. The van der Waals surface area contributed by atoms with Crippen LogP contribution in [0.4, 0.5) is 0 Å². The molecule has 0 radical (unpaired) electrons. The molecule has 1 aromatic carbocycles. The zero-order valence-corrected chi connectivity index (χ0v) is 27.8. The lowest BCUT2D eigenvalue weighted by Gasteiger charge is -2.73. The van der Waals surface area contributed by atoms with Crippen LogP contribution in [0.5, 0.6) is 0 Å². The monoisotopic (exact) mass is 604 g/mol. The molecule has 1 heterocycles. The van der Waals surface area contributed by atoms with Crippen LogP contribution >= 0.6 is 0 Å². The van der Waals surface area contributed by atoms with Crippen molar-refractivity contribution in [2.75, 3.05) is 0 Å². The molecule has 1 saturated heterocycles. The summed E-state index contributed by atoms with van der Waals surface area (Å²) < 4.78 is 12.5. The first kappa shape index (κ1) is 30.3. The minimum Gasteiger partial charge on any atom is -0.478 e. The smallest absolute Gasteiger partial charge is 0.339 e. The highest BCUT2D eigenvalue weighted by Crippen LogP contribution is 2.78. The molecule has 6 heteroatoms. The van der Waals surface area contributed by atoms with Gasteiger partial charge in [-0.3, -0.25) is 4.79 Å². The molecule has 10 atom stereocenters. The summed E-state index contributed by atoms with van der Waals surface area (Å²) in [6.45, 7) is 16.9. The van der Waals surface area contributed by atoms with Gasteiger partial charge in [0.15, 0.2) is 0 Å². The molecule has 6 aliphatic rings. The first-order valence-electron chi connectivity index (χ1n) is 17.3. The maximum atomic E-state index is 13.5. The van der Waals surface area contributed by atoms with Crippen molar-refractivity contribution in [1.29, 1.82) is 0 Å². The summed E-state index contributed by atoms with van der Waals surface area (Å²) in [6.07, 6.45) is 10.3. The molecule has 0 aromatic heterocycles. The SMILES string of the molecule is CC1(C)CC[C@@]23CC[C@]4(C)[C@H](CC[C@@H]5[C@@]6(C)CC[C@@H](OC(=O)c7ccccc7C(=O)O)C(C)(C)[C@H]6CC[C@]54C)[C@@H]2[C@@H]1OC3=O. The third-order valence-electron chi connectivity index (χ3n) is 15.6. The number of carboxylic acid groups (broad SMARTS) is 1. The van der Waals surface area contributed by atoms with Gasteiger partial charge in [0.05, 0.1) is 16.5 Å². The number of aromatic carboxylic acids is 1. The van der Waals surface area contributed by atoms with Crippen LogP contribution in [0.2, 0.25) is 0 Å². The number of carbonyl (C=O) groups excluding carboxylic acids is 2. The summed E-state index contributed by atoms with van der Waals surface area (Å²) in [7, 11) is 0. The van der Waals surface area contributed by atoms with E-state index in [1.54, 1.807) is 18.2 Å². The van der Waals surface area contributed by atoms with Crippen LogP contribution in [0.25, 0.3) is 0 Å². The standard InChI is InChI=1S/C38H52O6/c1-33(2)18-20-38-21-19-36(6)24(28(38)29(33)44-32(38)42)12-13-26-35(5)16-15-27(34(3,4)25(35)14-17-37(26,36)7)43-31(41)23-11-9-8-10-22(23)30(39)40/h8-11,24-29H,12-21H2,1-7H3,(H,39,40)/t24-,25-,26-,27-,28-,29+,35+,36-,37-,38-/m1/s1. The second kappa shape index (κ2) is 9.35. The fraction of sp³-hybridized carbons (Fsp3) is 0.763. The largest absolute Gasteiger partial charge is 0.478 e. The summed E-state index contributed by atoms with van der Waals surface area (Å²) in [5.41, 5.74) is 0.109. The van der Waals surface area contributed by atoms with Gasteiger partial charge in [0.25, 0.3) is 0 Å². The van der Waals surface area contributed by atoms with Crippen LogP contribution < -0.4 is 0 Å². The van der Waals surface area contributed by atoms with Crippen molar-refractivity contribution in [3.63, 3.8) is 0 Å².